The predicted molar refractivity (Wildman–Crippen MR) is 125 cm³/mol. The van der Waals surface area contributed by atoms with Gasteiger partial charge in [0.15, 0.2) is 0 Å². The van der Waals surface area contributed by atoms with Crippen LogP contribution >= 0.6 is 0 Å². The Morgan fingerprint density at radius 1 is 0.939 bits per heavy atom. The van der Waals surface area contributed by atoms with Crippen molar-refractivity contribution in [2.45, 2.75) is 13.0 Å². The molecule has 2 rings (SSSR count). The second kappa shape index (κ2) is 13.5. The molecule has 33 heavy (non-hydrogen) atoms. The van der Waals surface area contributed by atoms with Gasteiger partial charge in [0.1, 0.15) is 18.0 Å². The Labute approximate surface area is 195 Å². The van der Waals surface area contributed by atoms with Gasteiger partial charge in [-0.15, -0.1) is 0 Å². The molecule has 0 bridgehead atoms. The Morgan fingerprint density at radius 2 is 1.70 bits per heavy atom. The third-order valence-corrected chi connectivity index (χ3v) is 5.35. The number of aromatic nitrogens is 1. The maximum Gasteiger partial charge on any atom is 0.258 e. The van der Waals surface area contributed by atoms with Crippen LogP contribution in [0.15, 0.2) is 36.5 Å². The number of amides is 2. The number of nitrogens with zero attached hydrogens (tertiary/aromatic N) is 3. The summed E-state index contributed by atoms with van der Waals surface area (Å²) in [6.07, 6.45) is 2.54. The van der Waals surface area contributed by atoms with Crippen molar-refractivity contribution in [1.29, 1.82) is 0 Å². The van der Waals surface area contributed by atoms with E-state index in [2.05, 4.69) is 0 Å². The van der Waals surface area contributed by atoms with Gasteiger partial charge in [0.25, 0.3) is 5.91 Å². The number of rotatable bonds is 14. The fourth-order valence-electron chi connectivity index (χ4n) is 3.41. The van der Waals surface area contributed by atoms with Crippen molar-refractivity contribution in [2.75, 3.05) is 61.3 Å². The lowest BCUT2D eigenvalue weighted by molar-refractivity contribution is -0.133. The van der Waals surface area contributed by atoms with Crippen molar-refractivity contribution in [1.82, 2.24) is 14.4 Å². The number of aryl methyl sites for hydroxylation is 1. The minimum absolute atomic E-state index is 0.0636. The topological polar surface area (TPSA) is 82.5 Å². The van der Waals surface area contributed by atoms with Crippen LogP contribution in [-0.4, -0.2) is 87.5 Å². The van der Waals surface area contributed by atoms with Gasteiger partial charge in [0, 0.05) is 58.9 Å². The lowest BCUT2D eigenvalue weighted by Crippen LogP contribution is -2.44. The van der Waals surface area contributed by atoms with E-state index in [1.807, 2.05) is 29.9 Å². The van der Waals surface area contributed by atoms with Crippen LogP contribution in [0.4, 0.5) is 0 Å². The van der Waals surface area contributed by atoms with E-state index in [0.717, 1.165) is 5.69 Å². The predicted octanol–water partition coefficient (Wildman–Crippen LogP) is 2.20. The van der Waals surface area contributed by atoms with Crippen molar-refractivity contribution in [3.8, 4) is 11.5 Å². The summed E-state index contributed by atoms with van der Waals surface area (Å²) in [5.41, 5.74) is 1.36. The lowest BCUT2D eigenvalue weighted by Gasteiger charge is -2.28. The largest absolute Gasteiger partial charge is 0.497 e. The van der Waals surface area contributed by atoms with Crippen molar-refractivity contribution >= 4 is 11.8 Å². The molecule has 0 fully saturated rings. The molecule has 2 amide bonds. The standard InChI is InChI=1S/C24H35N3O6/c1-25-11-6-8-19(25)17-26(13-15-31-3)23(28)18-27(12-7-14-30-2)24(29)21-10-9-20(32-4)16-22(21)33-5/h6,8-11,16H,7,12-15,17-18H2,1-5H3. The van der Waals surface area contributed by atoms with Crippen LogP contribution < -0.4 is 9.47 Å². The van der Waals surface area contributed by atoms with E-state index in [1.54, 1.807) is 44.4 Å². The van der Waals surface area contributed by atoms with Gasteiger partial charge in [-0.2, -0.15) is 0 Å². The highest BCUT2D eigenvalue weighted by Crippen LogP contribution is 2.26. The fourth-order valence-corrected chi connectivity index (χ4v) is 3.41. The van der Waals surface area contributed by atoms with E-state index in [-0.39, 0.29) is 18.4 Å². The second-order valence-electron chi connectivity index (χ2n) is 7.56. The summed E-state index contributed by atoms with van der Waals surface area (Å²) in [4.78, 5) is 30.0. The zero-order chi connectivity index (χ0) is 24.2. The first-order valence-corrected chi connectivity index (χ1v) is 10.8. The number of carbonyl (C=O) groups excluding carboxylic acids is 2. The summed E-state index contributed by atoms with van der Waals surface area (Å²) in [6, 6.07) is 8.91. The third kappa shape index (κ3) is 7.50. The summed E-state index contributed by atoms with van der Waals surface area (Å²) in [6.45, 7) is 2.04. The van der Waals surface area contributed by atoms with Crippen LogP contribution in [0.2, 0.25) is 0 Å². The normalized spacial score (nSPS) is 10.7. The molecule has 0 N–H and O–H groups in total. The van der Waals surface area contributed by atoms with Gasteiger partial charge in [-0.25, -0.2) is 0 Å². The molecule has 0 unspecified atom stereocenters. The van der Waals surface area contributed by atoms with Crippen molar-refractivity contribution in [2.24, 2.45) is 7.05 Å². The van der Waals surface area contributed by atoms with Crippen molar-refractivity contribution in [3.05, 3.63) is 47.8 Å². The molecule has 0 saturated heterocycles. The molecule has 182 valence electrons. The number of carbonyl (C=O) groups is 2. The molecule has 2 aromatic rings. The minimum Gasteiger partial charge on any atom is -0.497 e. The number of ether oxygens (including phenoxy) is 4. The van der Waals surface area contributed by atoms with Crippen LogP contribution in [-0.2, 0) is 27.9 Å². The SMILES string of the molecule is COCCCN(CC(=O)N(CCOC)Cc1cccn1C)C(=O)c1ccc(OC)cc1OC. The Hall–Kier alpha value is -3.04. The summed E-state index contributed by atoms with van der Waals surface area (Å²) < 4.78 is 23.0. The molecule has 0 spiro atoms. The summed E-state index contributed by atoms with van der Waals surface area (Å²) >= 11 is 0. The molecule has 9 heteroatoms. The number of benzene rings is 1. The summed E-state index contributed by atoms with van der Waals surface area (Å²) in [5.74, 6) is 0.526. The summed E-state index contributed by atoms with van der Waals surface area (Å²) in [7, 11) is 8.19. The van der Waals surface area contributed by atoms with Crippen LogP contribution in [0.25, 0.3) is 0 Å². The van der Waals surface area contributed by atoms with E-state index in [9.17, 15) is 9.59 Å². The van der Waals surface area contributed by atoms with Gasteiger partial charge in [-0.05, 0) is 30.7 Å². The zero-order valence-electron chi connectivity index (χ0n) is 20.2. The molecule has 1 aromatic carbocycles. The first kappa shape index (κ1) is 26.2. The molecule has 1 aromatic heterocycles. The van der Waals surface area contributed by atoms with Gasteiger partial charge in [0.2, 0.25) is 5.91 Å². The maximum atomic E-state index is 13.4. The van der Waals surface area contributed by atoms with Crippen LogP contribution in [0.1, 0.15) is 22.5 Å². The molecule has 0 radical (unpaired) electrons. The molecular formula is C24H35N3O6. The minimum atomic E-state index is -0.287. The fraction of sp³-hybridized carbons (Fsp3) is 0.500. The average molecular weight is 462 g/mol. The van der Waals surface area contributed by atoms with Crippen LogP contribution in [0.5, 0.6) is 11.5 Å². The van der Waals surface area contributed by atoms with Gasteiger partial charge in [0.05, 0.1) is 32.9 Å². The lowest BCUT2D eigenvalue weighted by atomic mass is 10.1. The van der Waals surface area contributed by atoms with E-state index < -0.39 is 0 Å². The third-order valence-electron chi connectivity index (χ3n) is 5.35. The van der Waals surface area contributed by atoms with Crippen LogP contribution in [0.3, 0.4) is 0 Å². The molecule has 0 aliphatic carbocycles. The number of hydrogen-bond acceptors (Lipinski definition) is 6. The van der Waals surface area contributed by atoms with Gasteiger partial charge in [-0.1, -0.05) is 0 Å². The number of hydrogen-bond donors (Lipinski definition) is 0. The molecular weight excluding hydrogens is 426 g/mol. The van der Waals surface area contributed by atoms with E-state index in [1.165, 1.54) is 12.0 Å². The molecule has 9 nitrogen and oxygen atoms in total. The first-order valence-electron chi connectivity index (χ1n) is 10.8. The molecule has 0 saturated carbocycles. The molecule has 1 heterocycles. The summed E-state index contributed by atoms with van der Waals surface area (Å²) in [5, 5.41) is 0. The van der Waals surface area contributed by atoms with E-state index in [4.69, 9.17) is 18.9 Å². The highest BCUT2D eigenvalue weighted by Gasteiger charge is 2.25. The quantitative estimate of drug-likeness (QED) is 0.401. The highest BCUT2D eigenvalue weighted by molar-refractivity contribution is 5.99. The monoisotopic (exact) mass is 461 g/mol. The Balaban J connectivity index is 2.24. The molecule has 0 atom stereocenters. The second-order valence-corrected chi connectivity index (χ2v) is 7.56. The Kier molecular flexibility index (Phi) is 10.7. The van der Waals surface area contributed by atoms with Gasteiger partial charge < -0.3 is 33.3 Å². The van der Waals surface area contributed by atoms with Crippen LogP contribution in [0, 0.1) is 0 Å². The molecule has 0 aliphatic rings. The smallest absolute Gasteiger partial charge is 0.258 e. The first-order chi connectivity index (χ1) is 15.9. The maximum absolute atomic E-state index is 13.4. The Morgan fingerprint density at radius 3 is 2.30 bits per heavy atom. The molecule has 0 aliphatic heterocycles. The zero-order valence-corrected chi connectivity index (χ0v) is 20.2. The van der Waals surface area contributed by atoms with Gasteiger partial charge >= 0.3 is 0 Å². The van der Waals surface area contributed by atoms with E-state index >= 15 is 0 Å². The van der Waals surface area contributed by atoms with Crippen molar-refractivity contribution < 1.29 is 28.5 Å². The average Bonchev–Trinajstić information content (AvgIpc) is 3.24. The van der Waals surface area contributed by atoms with E-state index in [0.29, 0.717) is 56.3 Å². The van der Waals surface area contributed by atoms with Crippen molar-refractivity contribution in [3.63, 3.8) is 0 Å². The highest BCUT2D eigenvalue weighted by atomic mass is 16.5. The van der Waals surface area contributed by atoms with Gasteiger partial charge in [-0.3, -0.25) is 9.59 Å². The number of methoxy groups -OCH3 is 4. The Bertz CT molecular complexity index is 898.